The Labute approximate surface area is 246 Å². The number of amides is 2. The molecule has 0 aliphatic carbocycles. The molecule has 0 saturated carbocycles. The minimum atomic E-state index is -3.77. The average molecular weight is 587 g/mol. The third-order valence-electron chi connectivity index (χ3n) is 6.68. The fourth-order valence-electron chi connectivity index (χ4n) is 4.47. The van der Waals surface area contributed by atoms with Gasteiger partial charge in [0, 0.05) is 32.0 Å². The van der Waals surface area contributed by atoms with E-state index >= 15 is 0 Å². The highest BCUT2D eigenvalue weighted by Crippen LogP contribution is 2.26. The van der Waals surface area contributed by atoms with Gasteiger partial charge in [-0.05, 0) is 40.5 Å². The standard InChI is InChI=1S/C32H34N4O5S/c1-41-29-17-15-26(16-18-29)23-36(30(37)24-35(42(2,39)40)22-25-10-5-3-6-11-25)31(28-13-7-4-8-14-28)32(38)34-21-27-12-9-19-33-20-27/h3-20,31H,21-24H2,1-2H3,(H,34,38). The van der Waals surface area contributed by atoms with E-state index in [1.165, 1.54) is 4.90 Å². The second kappa shape index (κ2) is 14.4. The number of pyridine rings is 1. The summed E-state index contributed by atoms with van der Waals surface area (Å²) in [6.07, 6.45) is 4.38. The summed E-state index contributed by atoms with van der Waals surface area (Å²) in [5.41, 5.74) is 2.89. The number of carbonyl (C=O) groups excluding carboxylic acids is 2. The Balaban J connectivity index is 1.70. The summed E-state index contributed by atoms with van der Waals surface area (Å²) in [6, 6.07) is 27.8. The lowest BCUT2D eigenvalue weighted by atomic mass is 10.0. The smallest absolute Gasteiger partial charge is 0.247 e. The monoisotopic (exact) mass is 586 g/mol. The van der Waals surface area contributed by atoms with E-state index in [9.17, 15) is 18.0 Å². The van der Waals surface area contributed by atoms with Gasteiger partial charge < -0.3 is 15.0 Å². The molecule has 1 unspecified atom stereocenters. The number of sulfonamides is 1. The quantitative estimate of drug-likeness (QED) is 0.254. The summed E-state index contributed by atoms with van der Waals surface area (Å²) in [4.78, 5) is 33.5. The molecule has 1 heterocycles. The SMILES string of the molecule is COc1ccc(CN(C(=O)CN(Cc2ccccc2)S(C)(=O)=O)C(C(=O)NCc2cccnc2)c2ccccc2)cc1. The number of benzene rings is 3. The lowest BCUT2D eigenvalue weighted by Crippen LogP contribution is -2.47. The molecule has 0 bridgehead atoms. The molecule has 0 fully saturated rings. The second-order valence-corrected chi connectivity index (χ2v) is 11.8. The van der Waals surface area contributed by atoms with Crippen LogP contribution in [0.25, 0.3) is 0 Å². The number of nitrogens with zero attached hydrogens (tertiary/aromatic N) is 3. The fraction of sp³-hybridized carbons (Fsp3) is 0.219. The number of hydrogen-bond donors (Lipinski definition) is 1. The van der Waals surface area contributed by atoms with Crippen molar-refractivity contribution in [2.45, 2.75) is 25.7 Å². The van der Waals surface area contributed by atoms with Crippen LogP contribution in [0.3, 0.4) is 0 Å². The van der Waals surface area contributed by atoms with Crippen LogP contribution in [-0.4, -0.2) is 54.3 Å². The fourth-order valence-corrected chi connectivity index (χ4v) is 5.20. The van der Waals surface area contributed by atoms with Gasteiger partial charge in [-0.2, -0.15) is 4.31 Å². The molecule has 0 aliphatic heterocycles. The maximum atomic E-state index is 14.1. The average Bonchev–Trinajstić information content (AvgIpc) is 3.01. The number of aromatic nitrogens is 1. The topological polar surface area (TPSA) is 109 Å². The van der Waals surface area contributed by atoms with Gasteiger partial charge in [-0.15, -0.1) is 0 Å². The van der Waals surface area contributed by atoms with Crippen LogP contribution in [-0.2, 0) is 39.2 Å². The lowest BCUT2D eigenvalue weighted by Gasteiger charge is -2.33. The van der Waals surface area contributed by atoms with Gasteiger partial charge in [-0.25, -0.2) is 8.42 Å². The molecule has 42 heavy (non-hydrogen) atoms. The van der Waals surface area contributed by atoms with Crippen LogP contribution < -0.4 is 10.1 Å². The molecule has 0 saturated heterocycles. The Morgan fingerprint density at radius 1 is 0.833 bits per heavy atom. The normalized spacial score (nSPS) is 12.0. The Bertz CT molecular complexity index is 1550. The minimum absolute atomic E-state index is 0.0188. The van der Waals surface area contributed by atoms with Gasteiger partial charge in [-0.1, -0.05) is 78.9 Å². The Morgan fingerprint density at radius 2 is 1.45 bits per heavy atom. The molecule has 1 N–H and O–H groups in total. The molecule has 0 radical (unpaired) electrons. The van der Waals surface area contributed by atoms with Gasteiger partial charge in [0.05, 0.1) is 19.9 Å². The van der Waals surface area contributed by atoms with Crippen LogP contribution in [0.15, 0.2) is 109 Å². The minimum Gasteiger partial charge on any atom is -0.497 e. The van der Waals surface area contributed by atoms with Gasteiger partial charge in [0.25, 0.3) is 0 Å². The molecule has 0 aliphatic rings. The number of carbonyl (C=O) groups is 2. The molecular weight excluding hydrogens is 552 g/mol. The van der Waals surface area contributed by atoms with Crippen LogP contribution in [0.5, 0.6) is 5.75 Å². The third-order valence-corrected chi connectivity index (χ3v) is 7.88. The zero-order valence-electron chi connectivity index (χ0n) is 23.6. The van der Waals surface area contributed by atoms with E-state index in [-0.39, 0.29) is 19.6 Å². The number of rotatable bonds is 13. The molecule has 2 amide bonds. The number of hydrogen-bond acceptors (Lipinski definition) is 6. The molecule has 9 nitrogen and oxygen atoms in total. The van der Waals surface area contributed by atoms with Crippen molar-refractivity contribution in [3.8, 4) is 5.75 Å². The highest BCUT2D eigenvalue weighted by atomic mass is 32.2. The first-order valence-electron chi connectivity index (χ1n) is 13.4. The van der Waals surface area contributed by atoms with Crippen molar-refractivity contribution >= 4 is 21.8 Å². The van der Waals surface area contributed by atoms with Gasteiger partial charge >= 0.3 is 0 Å². The molecule has 10 heteroatoms. The van der Waals surface area contributed by atoms with Gasteiger partial charge in [0.15, 0.2) is 0 Å². The summed E-state index contributed by atoms with van der Waals surface area (Å²) < 4.78 is 32.0. The van der Waals surface area contributed by atoms with E-state index in [0.29, 0.717) is 11.3 Å². The van der Waals surface area contributed by atoms with Gasteiger partial charge in [0.2, 0.25) is 21.8 Å². The summed E-state index contributed by atoms with van der Waals surface area (Å²) in [5, 5.41) is 2.94. The highest BCUT2D eigenvalue weighted by molar-refractivity contribution is 7.88. The highest BCUT2D eigenvalue weighted by Gasteiger charge is 2.33. The third kappa shape index (κ3) is 8.48. The van der Waals surface area contributed by atoms with Crippen molar-refractivity contribution in [2.24, 2.45) is 0 Å². The van der Waals surface area contributed by atoms with Crippen molar-refractivity contribution in [1.82, 2.24) is 19.5 Å². The number of nitrogens with one attached hydrogen (secondary N) is 1. The molecule has 4 aromatic rings. The first-order valence-corrected chi connectivity index (χ1v) is 15.2. The van der Waals surface area contributed by atoms with Crippen molar-refractivity contribution < 1.29 is 22.7 Å². The van der Waals surface area contributed by atoms with Crippen LogP contribution in [0.2, 0.25) is 0 Å². The number of methoxy groups -OCH3 is 1. The molecule has 3 aromatic carbocycles. The van der Waals surface area contributed by atoms with Crippen molar-refractivity contribution in [3.05, 3.63) is 132 Å². The van der Waals surface area contributed by atoms with Crippen LogP contribution in [0.1, 0.15) is 28.3 Å². The zero-order chi connectivity index (χ0) is 30.0. The zero-order valence-corrected chi connectivity index (χ0v) is 24.4. The van der Waals surface area contributed by atoms with Crippen molar-refractivity contribution in [2.75, 3.05) is 19.9 Å². The summed E-state index contributed by atoms with van der Waals surface area (Å²) in [5.74, 6) is -0.269. The Morgan fingerprint density at radius 3 is 2.05 bits per heavy atom. The second-order valence-electron chi connectivity index (χ2n) is 9.78. The maximum absolute atomic E-state index is 14.1. The lowest BCUT2D eigenvalue weighted by molar-refractivity contribution is -0.141. The van der Waals surface area contributed by atoms with Crippen LogP contribution >= 0.6 is 0 Å². The van der Waals surface area contributed by atoms with E-state index < -0.39 is 34.4 Å². The van der Waals surface area contributed by atoms with Crippen LogP contribution in [0, 0.1) is 0 Å². The van der Waals surface area contributed by atoms with Crippen LogP contribution in [0.4, 0.5) is 0 Å². The Hall–Kier alpha value is -4.54. The van der Waals surface area contributed by atoms with Gasteiger partial charge in [0.1, 0.15) is 11.8 Å². The summed E-state index contributed by atoms with van der Waals surface area (Å²) in [7, 11) is -2.20. The molecule has 0 spiro atoms. The summed E-state index contributed by atoms with van der Waals surface area (Å²) >= 11 is 0. The predicted octanol–water partition coefficient (Wildman–Crippen LogP) is 3.94. The van der Waals surface area contributed by atoms with E-state index in [1.54, 1.807) is 74.1 Å². The van der Waals surface area contributed by atoms with E-state index in [2.05, 4.69) is 10.3 Å². The van der Waals surface area contributed by atoms with Crippen molar-refractivity contribution in [3.63, 3.8) is 0 Å². The predicted molar refractivity (Wildman–Crippen MR) is 161 cm³/mol. The largest absolute Gasteiger partial charge is 0.497 e. The molecule has 4 rings (SSSR count). The first kappa shape index (κ1) is 30.4. The Kier molecular flexibility index (Phi) is 10.4. The maximum Gasteiger partial charge on any atom is 0.247 e. The molecular formula is C32H34N4O5S. The first-order chi connectivity index (χ1) is 20.2. The van der Waals surface area contributed by atoms with Crippen molar-refractivity contribution in [1.29, 1.82) is 0 Å². The van der Waals surface area contributed by atoms with E-state index in [4.69, 9.17) is 4.74 Å². The molecule has 218 valence electrons. The number of ether oxygens (including phenoxy) is 1. The van der Waals surface area contributed by atoms with E-state index in [0.717, 1.165) is 27.3 Å². The van der Waals surface area contributed by atoms with E-state index in [1.807, 2.05) is 42.5 Å². The summed E-state index contributed by atoms with van der Waals surface area (Å²) in [6.45, 7) is -0.149. The molecule has 1 aromatic heterocycles. The van der Waals surface area contributed by atoms with Gasteiger partial charge in [-0.3, -0.25) is 14.6 Å². The molecule has 1 atom stereocenters.